The smallest absolute Gasteiger partial charge is 0.252 e. The Morgan fingerprint density at radius 3 is 2.72 bits per heavy atom. The number of carbonyl (C=O) groups is 2. The van der Waals surface area contributed by atoms with Crippen molar-refractivity contribution in [3.8, 4) is 0 Å². The first-order chi connectivity index (χ1) is 8.31. The molecule has 0 radical (unpaired) electrons. The molecule has 1 aliphatic rings. The molecule has 1 heterocycles. The summed E-state index contributed by atoms with van der Waals surface area (Å²) < 4.78 is 0.728. The van der Waals surface area contributed by atoms with E-state index in [1.807, 2.05) is 0 Å². The fraction of sp³-hybridized carbons (Fsp3) is 0.333. The Hall–Kier alpha value is -1.07. The highest BCUT2D eigenvalue weighted by Crippen LogP contribution is 2.31. The summed E-state index contributed by atoms with van der Waals surface area (Å²) in [5.41, 5.74) is -0.299. The molecule has 2 rings (SSSR count). The van der Waals surface area contributed by atoms with Gasteiger partial charge in [-0.3, -0.25) is 14.5 Å². The first kappa shape index (κ1) is 13.4. The van der Waals surface area contributed by atoms with E-state index in [0.29, 0.717) is 10.7 Å². The molecule has 4 nitrogen and oxygen atoms in total. The van der Waals surface area contributed by atoms with Gasteiger partial charge in [0.1, 0.15) is 12.1 Å². The van der Waals surface area contributed by atoms with Gasteiger partial charge in [-0.25, -0.2) is 0 Å². The second kappa shape index (κ2) is 4.55. The Bertz CT molecular complexity index is 531. The lowest BCUT2D eigenvalue weighted by Crippen LogP contribution is -2.64. The summed E-state index contributed by atoms with van der Waals surface area (Å²) in [5, 5.41) is 3.18. The SMILES string of the molecule is CC1(C)NC(=O)CN(c2cc(Cl)ccc2Br)C1=O. The van der Waals surface area contributed by atoms with Gasteiger partial charge in [-0.05, 0) is 48.0 Å². The predicted octanol–water partition coefficient (Wildman–Crippen LogP) is 2.34. The number of hydrogen-bond acceptors (Lipinski definition) is 2. The van der Waals surface area contributed by atoms with Gasteiger partial charge >= 0.3 is 0 Å². The Kier molecular flexibility index (Phi) is 3.38. The Labute approximate surface area is 118 Å². The summed E-state index contributed by atoms with van der Waals surface area (Å²) >= 11 is 9.30. The highest BCUT2D eigenvalue weighted by Gasteiger charge is 2.40. The third-order valence-corrected chi connectivity index (χ3v) is 3.64. The monoisotopic (exact) mass is 330 g/mol. The van der Waals surface area contributed by atoms with Crippen molar-refractivity contribution >= 4 is 45.0 Å². The van der Waals surface area contributed by atoms with Gasteiger partial charge in [-0.2, -0.15) is 0 Å². The summed E-state index contributed by atoms with van der Waals surface area (Å²) in [6, 6.07) is 5.14. The summed E-state index contributed by atoms with van der Waals surface area (Å²) in [6.07, 6.45) is 0. The van der Waals surface area contributed by atoms with Crippen LogP contribution in [0.2, 0.25) is 5.02 Å². The van der Waals surface area contributed by atoms with E-state index in [0.717, 1.165) is 4.47 Å². The molecule has 1 fully saturated rings. The van der Waals surface area contributed by atoms with Crippen molar-refractivity contribution < 1.29 is 9.59 Å². The molecule has 18 heavy (non-hydrogen) atoms. The highest BCUT2D eigenvalue weighted by molar-refractivity contribution is 9.10. The predicted molar refractivity (Wildman–Crippen MR) is 73.7 cm³/mol. The van der Waals surface area contributed by atoms with E-state index in [2.05, 4.69) is 21.2 Å². The molecule has 1 aromatic carbocycles. The lowest BCUT2D eigenvalue weighted by molar-refractivity contribution is -0.134. The van der Waals surface area contributed by atoms with Crippen LogP contribution in [-0.4, -0.2) is 23.9 Å². The molecule has 1 aliphatic heterocycles. The van der Waals surface area contributed by atoms with Gasteiger partial charge < -0.3 is 5.32 Å². The van der Waals surface area contributed by atoms with Gasteiger partial charge in [0.2, 0.25) is 5.91 Å². The Morgan fingerprint density at radius 1 is 1.39 bits per heavy atom. The molecule has 0 atom stereocenters. The number of piperazine rings is 1. The maximum Gasteiger partial charge on any atom is 0.252 e. The topological polar surface area (TPSA) is 49.4 Å². The first-order valence-corrected chi connectivity index (χ1v) is 6.56. The summed E-state index contributed by atoms with van der Waals surface area (Å²) in [7, 11) is 0. The number of nitrogens with one attached hydrogen (secondary N) is 1. The average molecular weight is 332 g/mol. The Balaban J connectivity index is 2.46. The van der Waals surface area contributed by atoms with Crippen molar-refractivity contribution in [3.63, 3.8) is 0 Å². The van der Waals surface area contributed by atoms with Crippen LogP contribution in [0, 0.1) is 0 Å². The minimum Gasteiger partial charge on any atom is -0.341 e. The quantitative estimate of drug-likeness (QED) is 0.859. The maximum atomic E-state index is 12.3. The van der Waals surface area contributed by atoms with E-state index in [1.54, 1.807) is 32.0 Å². The molecule has 0 bridgehead atoms. The van der Waals surface area contributed by atoms with Gasteiger partial charge in [0.05, 0.1) is 5.69 Å². The van der Waals surface area contributed by atoms with Crippen molar-refractivity contribution in [3.05, 3.63) is 27.7 Å². The number of amides is 2. The van der Waals surface area contributed by atoms with Crippen LogP contribution in [0.1, 0.15) is 13.8 Å². The van der Waals surface area contributed by atoms with Gasteiger partial charge in [-0.15, -0.1) is 0 Å². The van der Waals surface area contributed by atoms with Gasteiger partial charge in [0.25, 0.3) is 5.91 Å². The summed E-state index contributed by atoms with van der Waals surface area (Å²) in [6.45, 7) is 3.36. The zero-order valence-corrected chi connectivity index (χ0v) is 12.3. The van der Waals surface area contributed by atoms with Gasteiger partial charge in [0.15, 0.2) is 0 Å². The molecule has 0 aliphatic carbocycles. The second-order valence-electron chi connectivity index (χ2n) is 4.66. The number of halogens is 2. The minimum atomic E-state index is -0.906. The lowest BCUT2D eigenvalue weighted by Gasteiger charge is -2.37. The maximum absolute atomic E-state index is 12.3. The molecule has 2 amide bonds. The van der Waals surface area contributed by atoms with Crippen LogP contribution in [0.15, 0.2) is 22.7 Å². The van der Waals surface area contributed by atoms with Crippen LogP contribution in [0.4, 0.5) is 5.69 Å². The summed E-state index contributed by atoms with van der Waals surface area (Å²) in [4.78, 5) is 25.4. The van der Waals surface area contributed by atoms with E-state index < -0.39 is 5.54 Å². The third-order valence-electron chi connectivity index (χ3n) is 2.73. The van der Waals surface area contributed by atoms with Crippen molar-refractivity contribution in [2.24, 2.45) is 0 Å². The second-order valence-corrected chi connectivity index (χ2v) is 5.95. The molecular formula is C12H12BrClN2O2. The number of nitrogens with zero attached hydrogens (tertiary/aromatic N) is 1. The molecule has 0 saturated carbocycles. The van der Waals surface area contributed by atoms with Gasteiger partial charge in [0, 0.05) is 9.50 Å². The molecule has 1 N–H and O–H groups in total. The molecule has 1 saturated heterocycles. The van der Waals surface area contributed by atoms with Crippen molar-refractivity contribution in [1.29, 1.82) is 0 Å². The Morgan fingerprint density at radius 2 is 2.06 bits per heavy atom. The van der Waals surface area contributed by atoms with Crippen LogP contribution < -0.4 is 10.2 Å². The molecule has 1 aromatic rings. The van der Waals surface area contributed by atoms with E-state index >= 15 is 0 Å². The third kappa shape index (κ3) is 2.37. The van der Waals surface area contributed by atoms with E-state index in [1.165, 1.54) is 4.90 Å². The van der Waals surface area contributed by atoms with Gasteiger partial charge in [-0.1, -0.05) is 11.6 Å². The number of anilines is 1. The number of carbonyl (C=O) groups excluding carboxylic acids is 2. The zero-order valence-electron chi connectivity index (χ0n) is 9.96. The first-order valence-electron chi connectivity index (χ1n) is 5.39. The lowest BCUT2D eigenvalue weighted by atomic mass is 10.00. The van der Waals surface area contributed by atoms with E-state index in [4.69, 9.17) is 11.6 Å². The van der Waals surface area contributed by atoms with Crippen LogP contribution >= 0.6 is 27.5 Å². The van der Waals surface area contributed by atoms with Crippen LogP contribution in [0.3, 0.4) is 0 Å². The molecule has 96 valence electrons. The van der Waals surface area contributed by atoms with Crippen LogP contribution in [0.25, 0.3) is 0 Å². The molecule has 0 aromatic heterocycles. The molecule has 0 unspecified atom stereocenters. The summed E-state index contributed by atoms with van der Waals surface area (Å²) in [5.74, 6) is -0.350. The standard InChI is InChI=1S/C12H12BrClN2O2/c1-12(2)11(18)16(6-10(17)15-12)9-5-7(14)3-4-8(9)13/h3-5H,6H2,1-2H3,(H,15,17). The van der Waals surface area contributed by atoms with E-state index in [-0.39, 0.29) is 18.4 Å². The van der Waals surface area contributed by atoms with Crippen LogP contribution in [0.5, 0.6) is 0 Å². The van der Waals surface area contributed by atoms with Crippen molar-refractivity contribution in [2.75, 3.05) is 11.4 Å². The number of hydrogen-bond donors (Lipinski definition) is 1. The largest absolute Gasteiger partial charge is 0.341 e. The van der Waals surface area contributed by atoms with Crippen molar-refractivity contribution in [2.45, 2.75) is 19.4 Å². The molecular weight excluding hydrogens is 320 g/mol. The van der Waals surface area contributed by atoms with Crippen LogP contribution in [-0.2, 0) is 9.59 Å². The normalized spacial score (nSPS) is 18.8. The minimum absolute atomic E-state index is 0.00120. The van der Waals surface area contributed by atoms with Crippen molar-refractivity contribution in [1.82, 2.24) is 5.32 Å². The fourth-order valence-electron chi connectivity index (χ4n) is 1.88. The number of benzene rings is 1. The molecule has 0 spiro atoms. The fourth-order valence-corrected chi connectivity index (χ4v) is 2.51. The molecule has 6 heteroatoms. The average Bonchev–Trinajstić information content (AvgIpc) is 2.26. The number of rotatable bonds is 1. The zero-order chi connectivity index (χ0) is 13.5. The highest BCUT2D eigenvalue weighted by atomic mass is 79.9. The van der Waals surface area contributed by atoms with E-state index in [9.17, 15) is 9.59 Å².